The van der Waals surface area contributed by atoms with Gasteiger partial charge in [-0.05, 0) is 31.7 Å². The normalized spacial score (nSPS) is 10.8. The number of hydrogen-bond donors (Lipinski definition) is 1. The molecule has 0 unspecified atom stereocenters. The quantitative estimate of drug-likeness (QED) is 0.876. The fourth-order valence-corrected chi connectivity index (χ4v) is 1.78. The van der Waals surface area contributed by atoms with Crippen molar-refractivity contribution in [1.82, 2.24) is 15.1 Å². The first-order valence-corrected chi connectivity index (χ1v) is 5.61. The van der Waals surface area contributed by atoms with E-state index in [1.54, 1.807) is 12.1 Å². The summed E-state index contributed by atoms with van der Waals surface area (Å²) >= 11 is 0. The number of aryl methyl sites for hydroxylation is 1. The third kappa shape index (κ3) is 2.91. The van der Waals surface area contributed by atoms with E-state index in [4.69, 9.17) is 0 Å². The van der Waals surface area contributed by atoms with Crippen LogP contribution in [0.15, 0.2) is 30.5 Å². The van der Waals surface area contributed by atoms with Gasteiger partial charge in [0.1, 0.15) is 5.82 Å². The maximum Gasteiger partial charge on any atom is 0.123 e. The number of nitrogens with zero attached hydrogens (tertiary/aromatic N) is 2. The number of rotatable bonds is 4. The van der Waals surface area contributed by atoms with Crippen LogP contribution in [-0.4, -0.2) is 16.8 Å². The van der Waals surface area contributed by atoms with Gasteiger partial charge in [-0.1, -0.05) is 12.1 Å². The van der Waals surface area contributed by atoms with Crippen LogP contribution in [0.2, 0.25) is 0 Å². The van der Waals surface area contributed by atoms with Crippen molar-refractivity contribution in [3.8, 4) is 0 Å². The van der Waals surface area contributed by atoms with Crippen LogP contribution in [0.3, 0.4) is 0 Å². The molecule has 3 nitrogen and oxygen atoms in total. The zero-order valence-electron chi connectivity index (χ0n) is 10.1. The van der Waals surface area contributed by atoms with Gasteiger partial charge in [0.25, 0.3) is 0 Å². The average Bonchev–Trinajstić information content (AvgIpc) is 2.63. The second-order valence-electron chi connectivity index (χ2n) is 4.09. The molecule has 0 fully saturated rings. The molecule has 0 amide bonds. The smallest absolute Gasteiger partial charge is 0.123 e. The van der Waals surface area contributed by atoms with Gasteiger partial charge in [-0.15, -0.1) is 0 Å². The largest absolute Gasteiger partial charge is 0.316 e. The summed E-state index contributed by atoms with van der Waals surface area (Å²) in [6, 6.07) is 6.51. The summed E-state index contributed by atoms with van der Waals surface area (Å²) in [4.78, 5) is 0. The summed E-state index contributed by atoms with van der Waals surface area (Å²) < 4.78 is 14.6. The van der Waals surface area contributed by atoms with Crippen LogP contribution in [0.5, 0.6) is 0 Å². The minimum atomic E-state index is -0.207. The van der Waals surface area contributed by atoms with Gasteiger partial charge in [-0.3, -0.25) is 4.68 Å². The van der Waals surface area contributed by atoms with Crippen molar-refractivity contribution in [2.45, 2.75) is 20.0 Å². The third-order valence-electron chi connectivity index (χ3n) is 2.67. The standard InChI is InChI=1S/C13H16FN3/c1-10-12(7-15-2)9-17(16-10)8-11-3-5-13(14)6-4-11/h3-6,9,15H,7-8H2,1-2H3. The van der Waals surface area contributed by atoms with E-state index in [1.807, 2.05) is 24.9 Å². The first-order chi connectivity index (χ1) is 8.19. The molecule has 0 bridgehead atoms. The van der Waals surface area contributed by atoms with E-state index in [2.05, 4.69) is 10.4 Å². The van der Waals surface area contributed by atoms with Crippen molar-refractivity contribution in [1.29, 1.82) is 0 Å². The molecule has 0 aliphatic carbocycles. The Hall–Kier alpha value is -1.68. The van der Waals surface area contributed by atoms with Crippen LogP contribution in [0, 0.1) is 12.7 Å². The Morgan fingerprint density at radius 3 is 2.65 bits per heavy atom. The van der Waals surface area contributed by atoms with E-state index < -0.39 is 0 Å². The molecular weight excluding hydrogens is 217 g/mol. The van der Waals surface area contributed by atoms with Crippen LogP contribution in [0.4, 0.5) is 4.39 Å². The predicted molar refractivity (Wildman–Crippen MR) is 65.2 cm³/mol. The molecule has 2 rings (SSSR count). The molecular formula is C13H16FN3. The molecule has 17 heavy (non-hydrogen) atoms. The van der Waals surface area contributed by atoms with Gasteiger partial charge in [-0.25, -0.2) is 4.39 Å². The fourth-order valence-electron chi connectivity index (χ4n) is 1.78. The summed E-state index contributed by atoms with van der Waals surface area (Å²) in [5.74, 6) is -0.207. The van der Waals surface area contributed by atoms with E-state index in [0.29, 0.717) is 6.54 Å². The minimum Gasteiger partial charge on any atom is -0.316 e. The minimum absolute atomic E-state index is 0.207. The number of benzene rings is 1. The van der Waals surface area contributed by atoms with Crippen molar-refractivity contribution in [3.05, 3.63) is 53.1 Å². The van der Waals surface area contributed by atoms with E-state index in [9.17, 15) is 4.39 Å². The van der Waals surface area contributed by atoms with Crippen molar-refractivity contribution in [3.63, 3.8) is 0 Å². The third-order valence-corrected chi connectivity index (χ3v) is 2.67. The molecule has 0 saturated carbocycles. The van der Waals surface area contributed by atoms with Gasteiger partial charge in [-0.2, -0.15) is 5.10 Å². The summed E-state index contributed by atoms with van der Waals surface area (Å²) in [7, 11) is 1.91. The first-order valence-electron chi connectivity index (χ1n) is 5.61. The molecule has 1 heterocycles. The highest BCUT2D eigenvalue weighted by atomic mass is 19.1. The van der Waals surface area contributed by atoms with Gasteiger partial charge < -0.3 is 5.32 Å². The maximum atomic E-state index is 12.8. The number of nitrogens with one attached hydrogen (secondary N) is 1. The fraction of sp³-hybridized carbons (Fsp3) is 0.308. The number of hydrogen-bond acceptors (Lipinski definition) is 2. The van der Waals surface area contributed by atoms with Crippen molar-refractivity contribution in [2.24, 2.45) is 0 Å². The molecule has 0 aliphatic heterocycles. The molecule has 1 aromatic carbocycles. The summed E-state index contributed by atoms with van der Waals surface area (Å²) in [6.07, 6.45) is 2.02. The zero-order chi connectivity index (χ0) is 12.3. The Balaban J connectivity index is 2.13. The summed E-state index contributed by atoms with van der Waals surface area (Å²) in [5.41, 5.74) is 3.26. The second-order valence-corrected chi connectivity index (χ2v) is 4.09. The molecule has 0 atom stereocenters. The van der Waals surface area contributed by atoms with Gasteiger partial charge in [0.15, 0.2) is 0 Å². The maximum absolute atomic E-state index is 12.8. The van der Waals surface area contributed by atoms with Crippen molar-refractivity contribution < 1.29 is 4.39 Å². The predicted octanol–water partition coefficient (Wildman–Crippen LogP) is 2.10. The Labute approximate surface area is 100 Å². The molecule has 1 N–H and O–H groups in total. The van der Waals surface area contributed by atoms with Gasteiger partial charge >= 0.3 is 0 Å². The number of aromatic nitrogens is 2. The topological polar surface area (TPSA) is 29.9 Å². The Morgan fingerprint density at radius 1 is 1.29 bits per heavy atom. The lowest BCUT2D eigenvalue weighted by molar-refractivity contribution is 0.624. The molecule has 0 radical (unpaired) electrons. The van der Waals surface area contributed by atoms with Crippen LogP contribution in [-0.2, 0) is 13.1 Å². The van der Waals surface area contributed by atoms with E-state index in [0.717, 1.165) is 17.8 Å². The Kier molecular flexibility index (Phi) is 3.54. The average molecular weight is 233 g/mol. The molecule has 4 heteroatoms. The summed E-state index contributed by atoms with van der Waals surface area (Å²) in [6.45, 7) is 3.48. The molecule has 2 aromatic rings. The molecule has 0 spiro atoms. The monoisotopic (exact) mass is 233 g/mol. The number of halogens is 1. The highest BCUT2D eigenvalue weighted by Crippen LogP contribution is 2.09. The van der Waals surface area contributed by atoms with Crippen LogP contribution in [0.25, 0.3) is 0 Å². The highest BCUT2D eigenvalue weighted by molar-refractivity contribution is 5.19. The van der Waals surface area contributed by atoms with E-state index in [-0.39, 0.29) is 5.82 Å². The Bertz CT molecular complexity index is 488. The summed E-state index contributed by atoms with van der Waals surface area (Å²) in [5, 5.41) is 7.54. The second kappa shape index (κ2) is 5.10. The lowest BCUT2D eigenvalue weighted by Crippen LogP contribution is -2.05. The molecule has 90 valence electrons. The molecule has 0 aliphatic rings. The van der Waals surface area contributed by atoms with Crippen LogP contribution >= 0.6 is 0 Å². The lowest BCUT2D eigenvalue weighted by Gasteiger charge is -2.01. The SMILES string of the molecule is CNCc1cn(Cc2ccc(F)cc2)nc1C. The Morgan fingerprint density at radius 2 is 2.00 bits per heavy atom. The van der Waals surface area contributed by atoms with Gasteiger partial charge in [0.05, 0.1) is 12.2 Å². The van der Waals surface area contributed by atoms with E-state index in [1.165, 1.54) is 17.7 Å². The highest BCUT2D eigenvalue weighted by Gasteiger charge is 2.04. The van der Waals surface area contributed by atoms with Crippen LogP contribution < -0.4 is 5.32 Å². The van der Waals surface area contributed by atoms with Crippen molar-refractivity contribution in [2.75, 3.05) is 7.05 Å². The van der Waals surface area contributed by atoms with E-state index >= 15 is 0 Å². The zero-order valence-corrected chi connectivity index (χ0v) is 10.1. The van der Waals surface area contributed by atoms with Crippen molar-refractivity contribution >= 4 is 0 Å². The van der Waals surface area contributed by atoms with Crippen LogP contribution in [0.1, 0.15) is 16.8 Å². The first kappa shape index (κ1) is 11.8. The van der Waals surface area contributed by atoms with Gasteiger partial charge in [0, 0.05) is 18.3 Å². The molecule has 0 saturated heterocycles. The van der Waals surface area contributed by atoms with Gasteiger partial charge in [0.2, 0.25) is 0 Å². The molecule has 1 aromatic heterocycles. The lowest BCUT2D eigenvalue weighted by atomic mass is 10.2.